The molecule has 3 nitrogen and oxygen atoms in total. The highest BCUT2D eigenvalue weighted by Gasteiger charge is 2.39. The third-order valence-electron chi connectivity index (χ3n) is 2.96. The lowest BCUT2D eigenvalue weighted by atomic mass is 9.91. The number of aliphatic hydroxyl groups is 2. The van der Waals surface area contributed by atoms with Gasteiger partial charge in [0, 0.05) is 12.6 Å². The number of hydrogen-bond acceptors (Lipinski definition) is 3. The average molecular weight is 203 g/mol. The molecule has 0 radical (unpaired) electrons. The predicted molar refractivity (Wildman–Crippen MR) is 59.3 cm³/mol. The summed E-state index contributed by atoms with van der Waals surface area (Å²) < 4.78 is 0. The third kappa shape index (κ3) is 3.23. The molecule has 1 fully saturated rings. The first-order valence-corrected chi connectivity index (χ1v) is 5.58. The number of aliphatic hydroxyl groups excluding tert-OH is 1. The van der Waals surface area contributed by atoms with Crippen molar-refractivity contribution in [3.8, 4) is 0 Å². The van der Waals surface area contributed by atoms with Crippen molar-refractivity contribution in [2.75, 3.05) is 13.6 Å². The maximum atomic E-state index is 9.96. The highest BCUT2D eigenvalue weighted by Crippen LogP contribution is 2.27. The van der Waals surface area contributed by atoms with E-state index in [1.807, 2.05) is 39.6 Å². The first-order valence-electron chi connectivity index (χ1n) is 5.58. The Bertz CT molecular complexity index is 159. The van der Waals surface area contributed by atoms with Crippen LogP contribution >= 0.6 is 0 Å². The molecular formula is C11H25NO2. The van der Waals surface area contributed by atoms with E-state index in [-0.39, 0.29) is 12.1 Å². The Kier molecular flexibility index (Phi) is 5.64. The minimum atomic E-state index is -0.660. The first kappa shape index (κ1) is 13.9. The summed E-state index contributed by atoms with van der Waals surface area (Å²) in [4.78, 5) is 2.04. The van der Waals surface area contributed by atoms with Crippen LogP contribution in [0.15, 0.2) is 0 Å². The van der Waals surface area contributed by atoms with Crippen LogP contribution in [0.2, 0.25) is 0 Å². The summed E-state index contributed by atoms with van der Waals surface area (Å²) in [5.41, 5.74) is -0.660. The van der Waals surface area contributed by atoms with Crippen LogP contribution in [-0.4, -0.2) is 46.5 Å². The maximum Gasteiger partial charge on any atom is 0.0772 e. The van der Waals surface area contributed by atoms with E-state index in [4.69, 9.17) is 0 Å². The lowest BCUT2D eigenvalue weighted by Crippen LogP contribution is -2.45. The second-order valence-electron chi connectivity index (χ2n) is 4.06. The second kappa shape index (κ2) is 5.69. The average Bonchev–Trinajstić information content (AvgIpc) is 2.49. The van der Waals surface area contributed by atoms with Crippen LogP contribution in [0, 0.1) is 0 Å². The van der Waals surface area contributed by atoms with E-state index in [2.05, 4.69) is 0 Å². The molecule has 3 atom stereocenters. The zero-order chi connectivity index (χ0) is 11.4. The Labute approximate surface area is 87.7 Å². The van der Waals surface area contributed by atoms with E-state index in [1.165, 1.54) is 0 Å². The molecule has 0 saturated carbocycles. The van der Waals surface area contributed by atoms with E-state index >= 15 is 0 Å². The summed E-state index contributed by atoms with van der Waals surface area (Å²) in [7, 11) is 1.95. The first-order chi connectivity index (χ1) is 6.47. The van der Waals surface area contributed by atoms with Crippen LogP contribution in [0.4, 0.5) is 0 Å². The van der Waals surface area contributed by atoms with Gasteiger partial charge in [0.1, 0.15) is 0 Å². The molecular weight excluding hydrogens is 178 g/mol. The van der Waals surface area contributed by atoms with Crippen LogP contribution in [0.1, 0.15) is 40.5 Å². The van der Waals surface area contributed by atoms with Crippen molar-refractivity contribution >= 4 is 0 Å². The highest BCUT2D eigenvalue weighted by molar-refractivity contribution is 4.94. The van der Waals surface area contributed by atoms with E-state index in [0.717, 1.165) is 6.42 Å². The Morgan fingerprint density at radius 1 is 1.43 bits per heavy atom. The molecule has 1 saturated heterocycles. The zero-order valence-electron chi connectivity index (χ0n) is 10.1. The van der Waals surface area contributed by atoms with Crippen LogP contribution in [0.25, 0.3) is 0 Å². The Morgan fingerprint density at radius 3 is 2.21 bits per heavy atom. The largest absolute Gasteiger partial charge is 0.392 e. The summed E-state index contributed by atoms with van der Waals surface area (Å²) in [5, 5.41) is 19.3. The molecule has 3 heteroatoms. The minimum absolute atomic E-state index is 0.109. The van der Waals surface area contributed by atoms with E-state index in [0.29, 0.717) is 13.0 Å². The molecule has 0 spiro atoms. The molecule has 14 heavy (non-hydrogen) atoms. The Hall–Kier alpha value is -0.120. The number of likely N-dealkylation sites (N-methyl/N-ethyl adjacent to an activating group) is 1. The van der Waals surface area contributed by atoms with Gasteiger partial charge in [0.15, 0.2) is 0 Å². The second-order valence-corrected chi connectivity index (χ2v) is 4.06. The van der Waals surface area contributed by atoms with Gasteiger partial charge in [-0.05, 0) is 26.8 Å². The smallest absolute Gasteiger partial charge is 0.0772 e. The van der Waals surface area contributed by atoms with E-state index < -0.39 is 5.60 Å². The summed E-state index contributed by atoms with van der Waals surface area (Å²) in [6, 6.07) is 0.109. The van der Waals surface area contributed by atoms with Gasteiger partial charge < -0.3 is 10.2 Å². The summed E-state index contributed by atoms with van der Waals surface area (Å²) >= 11 is 0. The molecule has 0 aromatic carbocycles. The number of rotatable bonds is 2. The highest BCUT2D eigenvalue weighted by atomic mass is 16.3. The quantitative estimate of drug-likeness (QED) is 0.709. The number of likely N-dealkylation sites (tertiary alicyclic amines) is 1. The monoisotopic (exact) mass is 203 g/mol. The fourth-order valence-corrected chi connectivity index (χ4v) is 1.94. The molecule has 3 unspecified atom stereocenters. The molecule has 1 aliphatic rings. The molecule has 0 aromatic heterocycles. The maximum absolute atomic E-state index is 9.96. The van der Waals surface area contributed by atoms with E-state index in [9.17, 15) is 10.2 Å². The van der Waals surface area contributed by atoms with Gasteiger partial charge in [-0.25, -0.2) is 0 Å². The summed E-state index contributed by atoms with van der Waals surface area (Å²) in [6.07, 6.45) is 1.16. The van der Waals surface area contributed by atoms with Crippen molar-refractivity contribution in [1.82, 2.24) is 4.90 Å². The lowest BCUT2D eigenvalue weighted by molar-refractivity contribution is -0.0142. The number of hydrogen-bond donors (Lipinski definition) is 2. The molecule has 0 aromatic rings. The van der Waals surface area contributed by atoms with Crippen molar-refractivity contribution in [1.29, 1.82) is 0 Å². The number of nitrogens with zero attached hydrogens (tertiary/aromatic N) is 1. The third-order valence-corrected chi connectivity index (χ3v) is 2.96. The molecule has 86 valence electrons. The summed E-state index contributed by atoms with van der Waals surface area (Å²) in [6.45, 7) is 8.49. The molecule has 0 bridgehead atoms. The van der Waals surface area contributed by atoms with Crippen LogP contribution in [0.5, 0.6) is 0 Å². The van der Waals surface area contributed by atoms with Gasteiger partial charge in [-0.2, -0.15) is 0 Å². The van der Waals surface area contributed by atoms with E-state index in [1.54, 1.807) is 0 Å². The van der Waals surface area contributed by atoms with Gasteiger partial charge in [0.25, 0.3) is 0 Å². The lowest BCUT2D eigenvalue weighted by Gasteiger charge is -2.33. The van der Waals surface area contributed by atoms with Gasteiger partial charge in [-0.15, -0.1) is 0 Å². The van der Waals surface area contributed by atoms with Gasteiger partial charge >= 0.3 is 0 Å². The number of β-amino-alcohol motifs (C(OH)–C–C–N with tert-alkyl or cyclic N) is 1. The normalized spacial score (nSPS) is 31.9. The standard InChI is InChI=1S/C9H19NO2.C2H6/c1-4-9(2,12)8-5-7(11)6-10(8)3;1-2/h7-8,11-12H,4-6H2,1-3H3;1-2H3. The SMILES string of the molecule is CC.CCC(C)(O)C1CC(O)CN1C. The van der Waals surface area contributed by atoms with Crippen LogP contribution in [0.3, 0.4) is 0 Å². The Balaban J connectivity index is 0.000000791. The molecule has 1 heterocycles. The predicted octanol–water partition coefficient (Wildman–Crippen LogP) is 1.24. The topological polar surface area (TPSA) is 43.7 Å². The van der Waals surface area contributed by atoms with Crippen molar-refractivity contribution < 1.29 is 10.2 Å². The van der Waals surface area contributed by atoms with Crippen molar-refractivity contribution in [2.24, 2.45) is 0 Å². The van der Waals surface area contributed by atoms with Crippen molar-refractivity contribution in [2.45, 2.75) is 58.3 Å². The molecule has 0 amide bonds. The Morgan fingerprint density at radius 2 is 1.93 bits per heavy atom. The van der Waals surface area contributed by atoms with Gasteiger partial charge in [0.2, 0.25) is 0 Å². The van der Waals surface area contributed by atoms with Crippen molar-refractivity contribution in [3.05, 3.63) is 0 Å². The molecule has 2 N–H and O–H groups in total. The zero-order valence-corrected chi connectivity index (χ0v) is 10.1. The molecule has 1 rings (SSSR count). The van der Waals surface area contributed by atoms with Gasteiger partial charge in [-0.3, -0.25) is 4.90 Å². The fraction of sp³-hybridized carbons (Fsp3) is 1.00. The van der Waals surface area contributed by atoms with Crippen LogP contribution in [-0.2, 0) is 0 Å². The summed E-state index contributed by atoms with van der Waals surface area (Å²) in [5.74, 6) is 0. The molecule has 0 aliphatic carbocycles. The molecule has 1 aliphatic heterocycles. The van der Waals surface area contributed by atoms with Gasteiger partial charge in [0.05, 0.1) is 11.7 Å². The van der Waals surface area contributed by atoms with Crippen LogP contribution < -0.4 is 0 Å². The minimum Gasteiger partial charge on any atom is -0.392 e. The van der Waals surface area contributed by atoms with Gasteiger partial charge in [-0.1, -0.05) is 20.8 Å². The van der Waals surface area contributed by atoms with Crippen molar-refractivity contribution in [3.63, 3.8) is 0 Å². The fourth-order valence-electron chi connectivity index (χ4n) is 1.94.